The van der Waals surface area contributed by atoms with E-state index in [4.69, 9.17) is 9.47 Å². The van der Waals surface area contributed by atoms with E-state index in [1.54, 1.807) is 7.11 Å². The molecule has 5 nitrogen and oxygen atoms in total. The standard InChI is InChI=1S/C17H29N3O2/c1-5-18-16(20-14-17(2,3)21-4)19-11-12-22-13-15-9-7-6-8-10-15/h6-10H,5,11-14H2,1-4H3,(H2,18,19,20). The molecule has 0 aromatic heterocycles. The van der Waals surface area contributed by atoms with Crippen molar-refractivity contribution in [2.45, 2.75) is 33.0 Å². The molecule has 0 amide bonds. The van der Waals surface area contributed by atoms with Crippen molar-refractivity contribution in [2.75, 3.05) is 33.4 Å². The second-order valence-electron chi connectivity index (χ2n) is 5.62. The fourth-order valence-corrected chi connectivity index (χ4v) is 1.68. The van der Waals surface area contributed by atoms with Crippen LogP contribution in [0.4, 0.5) is 0 Å². The molecule has 0 spiro atoms. The van der Waals surface area contributed by atoms with Gasteiger partial charge in [0.25, 0.3) is 0 Å². The van der Waals surface area contributed by atoms with Gasteiger partial charge in [0, 0.05) is 20.2 Å². The molecule has 0 fully saturated rings. The van der Waals surface area contributed by atoms with Crippen LogP contribution in [0, 0.1) is 0 Å². The van der Waals surface area contributed by atoms with Crippen LogP contribution in [0.1, 0.15) is 26.3 Å². The number of aliphatic imine (C=N–C) groups is 1. The second-order valence-corrected chi connectivity index (χ2v) is 5.62. The van der Waals surface area contributed by atoms with Gasteiger partial charge < -0.3 is 20.1 Å². The lowest BCUT2D eigenvalue weighted by molar-refractivity contribution is 0.0310. The van der Waals surface area contributed by atoms with E-state index in [-0.39, 0.29) is 5.60 Å². The summed E-state index contributed by atoms with van der Waals surface area (Å²) in [6.07, 6.45) is 0. The number of nitrogens with zero attached hydrogens (tertiary/aromatic N) is 1. The van der Waals surface area contributed by atoms with Gasteiger partial charge in [0.15, 0.2) is 5.96 Å². The van der Waals surface area contributed by atoms with Crippen molar-refractivity contribution in [3.63, 3.8) is 0 Å². The first-order valence-corrected chi connectivity index (χ1v) is 7.76. The Morgan fingerprint density at radius 3 is 2.55 bits per heavy atom. The van der Waals surface area contributed by atoms with E-state index in [0.29, 0.717) is 26.3 Å². The fourth-order valence-electron chi connectivity index (χ4n) is 1.68. The average Bonchev–Trinajstić information content (AvgIpc) is 2.53. The number of nitrogens with one attached hydrogen (secondary N) is 2. The van der Waals surface area contributed by atoms with Crippen molar-refractivity contribution in [1.82, 2.24) is 10.6 Å². The van der Waals surface area contributed by atoms with Crippen molar-refractivity contribution in [2.24, 2.45) is 4.99 Å². The van der Waals surface area contributed by atoms with Crippen LogP contribution < -0.4 is 10.6 Å². The molecule has 1 aromatic rings. The van der Waals surface area contributed by atoms with Crippen molar-refractivity contribution in [1.29, 1.82) is 0 Å². The highest BCUT2D eigenvalue weighted by Gasteiger charge is 2.15. The number of guanidine groups is 1. The van der Waals surface area contributed by atoms with E-state index >= 15 is 0 Å². The quantitative estimate of drug-likeness (QED) is 0.417. The largest absolute Gasteiger partial charge is 0.377 e. The van der Waals surface area contributed by atoms with E-state index in [9.17, 15) is 0 Å². The van der Waals surface area contributed by atoms with Crippen LogP contribution in [0.25, 0.3) is 0 Å². The Morgan fingerprint density at radius 2 is 1.91 bits per heavy atom. The summed E-state index contributed by atoms with van der Waals surface area (Å²) in [5.74, 6) is 0.788. The Morgan fingerprint density at radius 1 is 1.18 bits per heavy atom. The molecular weight excluding hydrogens is 278 g/mol. The number of hydrogen-bond donors (Lipinski definition) is 2. The van der Waals surface area contributed by atoms with Crippen molar-refractivity contribution in [3.8, 4) is 0 Å². The molecule has 1 aromatic carbocycles. The van der Waals surface area contributed by atoms with E-state index in [1.165, 1.54) is 5.56 Å². The summed E-state index contributed by atoms with van der Waals surface area (Å²) >= 11 is 0. The first kappa shape index (κ1) is 18.5. The second kappa shape index (κ2) is 10.2. The minimum atomic E-state index is -0.258. The van der Waals surface area contributed by atoms with Crippen LogP contribution in [0.2, 0.25) is 0 Å². The van der Waals surface area contributed by atoms with Gasteiger partial charge in [0.1, 0.15) is 0 Å². The Kier molecular flexibility index (Phi) is 8.55. The molecule has 5 heteroatoms. The van der Waals surface area contributed by atoms with Crippen LogP contribution in [0.15, 0.2) is 35.3 Å². The molecule has 0 aliphatic rings. The molecule has 2 N–H and O–H groups in total. The average molecular weight is 307 g/mol. The molecule has 0 heterocycles. The van der Waals surface area contributed by atoms with Crippen molar-refractivity contribution in [3.05, 3.63) is 35.9 Å². The Balaban J connectivity index is 2.27. The number of ether oxygens (including phenoxy) is 2. The maximum atomic E-state index is 5.64. The zero-order valence-electron chi connectivity index (χ0n) is 14.2. The monoisotopic (exact) mass is 307 g/mol. The molecule has 0 bridgehead atoms. The summed E-state index contributed by atoms with van der Waals surface area (Å²) in [6, 6.07) is 10.2. The third kappa shape index (κ3) is 8.00. The summed E-state index contributed by atoms with van der Waals surface area (Å²) < 4.78 is 11.0. The van der Waals surface area contributed by atoms with E-state index in [1.807, 2.05) is 39.0 Å². The van der Waals surface area contributed by atoms with Crippen LogP contribution in [0.5, 0.6) is 0 Å². The van der Waals surface area contributed by atoms with Gasteiger partial charge in [-0.2, -0.15) is 0 Å². The number of hydrogen-bond acceptors (Lipinski definition) is 3. The minimum absolute atomic E-state index is 0.258. The lowest BCUT2D eigenvalue weighted by atomic mass is 10.1. The lowest BCUT2D eigenvalue weighted by Crippen LogP contribution is -2.40. The number of rotatable bonds is 9. The SMILES string of the molecule is CCNC(=NCC(C)(C)OC)NCCOCc1ccccc1. The van der Waals surface area contributed by atoms with E-state index in [2.05, 4.69) is 27.8 Å². The summed E-state index contributed by atoms with van der Waals surface area (Å²) in [7, 11) is 1.70. The van der Waals surface area contributed by atoms with Gasteiger partial charge in [-0.1, -0.05) is 30.3 Å². The Labute approximate surface area is 134 Å². The van der Waals surface area contributed by atoms with E-state index < -0.39 is 0 Å². The third-order valence-corrected chi connectivity index (χ3v) is 3.17. The van der Waals surface area contributed by atoms with Crippen LogP contribution >= 0.6 is 0 Å². The van der Waals surface area contributed by atoms with Gasteiger partial charge in [0.05, 0.1) is 25.4 Å². The number of methoxy groups -OCH3 is 1. The van der Waals surface area contributed by atoms with Gasteiger partial charge in [-0.05, 0) is 26.3 Å². The smallest absolute Gasteiger partial charge is 0.191 e. The molecule has 0 radical (unpaired) electrons. The Bertz CT molecular complexity index is 433. The van der Waals surface area contributed by atoms with Crippen LogP contribution in [-0.2, 0) is 16.1 Å². The fraction of sp³-hybridized carbons (Fsp3) is 0.588. The molecule has 0 atom stereocenters. The molecule has 0 unspecified atom stereocenters. The van der Waals surface area contributed by atoms with Gasteiger partial charge >= 0.3 is 0 Å². The predicted molar refractivity (Wildman–Crippen MR) is 91.2 cm³/mol. The minimum Gasteiger partial charge on any atom is -0.377 e. The molecule has 124 valence electrons. The first-order valence-electron chi connectivity index (χ1n) is 7.76. The highest BCUT2D eigenvalue weighted by molar-refractivity contribution is 5.79. The molecule has 0 aliphatic heterocycles. The Hall–Kier alpha value is -1.59. The van der Waals surface area contributed by atoms with Crippen molar-refractivity contribution < 1.29 is 9.47 Å². The molecule has 1 rings (SSSR count). The zero-order chi connectivity index (χ0) is 16.3. The summed E-state index contributed by atoms with van der Waals surface area (Å²) in [6.45, 7) is 9.48. The molecule has 22 heavy (non-hydrogen) atoms. The normalized spacial score (nSPS) is 12.3. The highest BCUT2D eigenvalue weighted by atomic mass is 16.5. The third-order valence-electron chi connectivity index (χ3n) is 3.17. The topological polar surface area (TPSA) is 54.9 Å². The van der Waals surface area contributed by atoms with Gasteiger partial charge in [0.2, 0.25) is 0 Å². The molecule has 0 saturated heterocycles. The van der Waals surface area contributed by atoms with Gasteiger partial charge in [-0.3, -0.25) is 4.99 Å². The maximum absolute atomic E-state index is 5.64. The maximum Gasteiger partial charge on any atom is 0.191 e. The molecule has 0 saturated carbocycles. The summed E-state index contributed by atoms with van der Waals surface area (Å²) in [5, 5.41) is 6.48. The molecular formula is C17H29N3O2. The van der Waals surface area contributed by atoms with Gasteiger partial charge in [-0.25, -0.2) is 0 Å². The number of benzene rings is 1. The van der Waals surface area contributed by atoms with Gasteiger partial charge in [-0.15, -0.1) is 0 Å². The summed E-state index contributed by atoms with van der Waals surface area (Å²) in [5.41, 5.74) is 0.927. The van der Waals surface area contributed by atoms with E-state index in [0.717, 1.165) is 12.5 Å². The predicted octanol–water partition coefficient (Wildman–Crippen LogP) is 2.18. The first-order chi connectivity index (χ1) is 10.6. The zero-order valence-corrected chi connectivity index (χ0v) is 14.2. The highest BCUT2D eigenvalue weighted by Crippen LogP contribution is 2.06. The van der Waals surface area contributed by atoms with Crippen LogP contribution in [-0.4, -0.2) is 44.9 Å². The van der Waals surface area contributed by atoms with Crippen LogP contribution in [0.3, 0.4) is 0 Å². The lowest BCUT2D eigenvalue weighted by Gasteiger charge is -2.21. The molecule has 0 aliphatic carbocycles. The van der Waals surface area contributed by atoms with Crippen molar-refractivity contribution >= 4 is 5.96 Å². The summed E-state index contributed by atoms with van der Waals surface area (Å²) in [4.78, 5) is 4.53.